The first-order valence-electron chi connectivity index (χ1n) is 4.54. The maximum atomic E-state index is 8.92. The van der Waals surface area contributed by atoms with Gasteiger partial charge in [0.1, 0.15) is 6.07 Å². The molecule has 1 aromatic carbocycles. The quantitative estimate of drug-likeness (QED) is 0.699. The lowest BCUT2D eigenvalue weighted by atomic mass is 9.99. The molecule has 68 valence electrons. The van der Waals surface area contributed by atoms with E-state index in [-0.39, 0.29) is 0 Å². The van der Waals surface area contributed by atoms with Crippen LogP contribution in [0.4, 0.5) is 5.69 Å². The standard InChI is InChI=1S/C11H14N2/c1-3-8-5-6-9(4-2)11(13)10(8)7-12/h5-6H,3-4,13H2,1-2H3. The number of nitrogen functional groups attached to an aromatic ring is 1. The van der Waals surface area contributed by atoms with E-state index in [1.807, 2.05) is 26.0 Å². The van der Waals surface area contributed by atoms with E-state index in [0.29, 0.717) is 11.3 Å². The zero-order valence-corrected chi connectivity index (χ0v) is 8.09. The molecule has 1 aromatic rings. The van der Waals surface area contributed by atoms with E-state index in [4.69, 9.17) is 11.0 Å². The summed E-state index contributed by atoms with van der Waals surface area (Å²) >= 11 is 0. The molecule has 0 radical (unpaired) electrons. The summed E-state index contributed by atoms with van der Waals surface area (Å²) in [6.45, 7) is 4.07. The number of nitriles is 1. The van der Waals surface area contributed by atoms with Crippen LogP contribution in [0.15, 0.2) is 12.1 Å². The van der Waals surface area contributed by atoms with E-state index in [2.05, 4.69) is 6.07 Å². The lowest BCUT2D eigenvalue weighted by Crippen LogP contribution is -2.00. The Morgan fingerprint density at radius 3 is 2.23 bits per heavy atom. The van der Waals surface area contributed by atoms with Crippen molar-refractivity contribution >= 4 is 5.69 Å². The van der Waals surface area contributed by atoms with Crippen LogP contribution in [0.3, 0.4) is 0 Å². The number of nitrogens with two attached hydrogens (primary N) is 1. The van der Waals surface area contributed by atoms with E-state index < -0.39 is 0 Å². The molecule has 0 unspecified atom stereocenters. The molecule has 0 saturated carbocycles. The first-order chi connectivity index (χ1) is 6.24. The normalized spacial score (nSPS) is 9.62. The Morgan fingerprint density at radius 1 is 1.23 bits per heavy atom. The topological polar surface area (TPSA) is 49.8 Å². The lowest BCUT2D eigenvalue weighted by Gasteiger charge is -2.08. The molecule has 0 heterocycles. The van der Waals surface area contributed by atoms with Crippen molar-refractivity contribution in [1.82, 2.24) is 0 Å². The fraction of sp³-hybridized carbons (Fsp3) is 0.364. The summed E-state index contributed by atoms with van der Waals surface area (Å²) < 4.78 is 0. The van der Waals surface area contributed by atoms with Gasteiger partial charge in [0.15, 0.2) is 0 Å². The summed E-state index contributed by atoms with van der Waals surface area (Å²) in [5.74, 6) is 0. The third kappa shape index (κ3) is 1.65. The summed E-state index contributed by atoms with van der Waals surface area (Å²) in [7, 11) is 0. The second-order valence-electron chi connectivity index (χ2n) is 2.99. The van der Waals surface area contributed by atoms with Crippen molar-refractivity contribution in [1.29, 1.82) is 5.26 Å². The number of hydrogen-bond donors (Lipinski definition) is 1. The highest BCUT2D eigenvalue weighted by atomic mass is 14.6. The van der Waals surface area contributed by atoms with Gasteiger partial charge in [0, 0.05) is 0 Å². The van der Waals surface area contributed by atoms with Gasteiger partial charge in [-0.15, -0.1) is 0 Å². The number of rotatable bonds is 2. The molecule has 0 fully saturated rings. The lowest BCUT2D eigenvalue weighted by molar-refractivity contribution is 1.09. The van der Waals surface area contributed by atoms with Crippen molar-refractivity contribution in [2.24, 2.45) is 0 Å². The van der Waals surface area contributed by atoms with Crippen LogP contribution in [0.25, 0.3) is 0 Å². The van der Waals surface area contributed by atoms with Gasteiger partial charge in [-0.3, -0.25) is 0 Å². The summed E-state index contributed by atoms with van der Waals surface area (Å²) in [5, 5.41) is 8.92. The molecule has 2 heteroatoms. The summed E-state index contributed by atoms with van der Waals surface area (Å²) in [5.41, 5.74) is 9.27. The Bertz CT molecular complexity index is 348. The van der Waals surface area contributed by atoms with Crippen LogP contribution in [0.1, 0.15) is 30.5 Å². The smallest absolute Gasteiger partial charge is 0.102 e. The number of benzene rings is 1. The minimum absolute atomic E-state index is 0.654. The number of anilines is 1. The Labute approximate surface area is 79.0 Å². The highest BCUT2D eigenvalue weighted by Gasteiger charge is 2.07. The Morgan fingerprint density at radius 2 is 1.77 bits per heavy atom. The van der Waals surface area contributed by atoms with Crippen molar-refractivity contribution in [3.63, 3.8) is 0 Å². The molecule has 2 N–H and O–H groups in total. The molecule has 0 aliphatic heterocycles. The van der Waals surface area contributed by atoms with E-state index in [1.165, 1.54) is 0 Å². The van der Waals surface area contributed by atoms with E-state index in [1.54, 1.807) is 0 Å². The largest absolute Gasteiger partial charge is 0.397 e. The third-order valence-corrected chi connectivity index (χ3v) is 2.30. The second-order valence-corrected chi connectivity index (χ2v) is 2.99. The zero-order valence-electron chi connectivity index (χ0n) is 8.09. The molecule has 0 spiro atoms. The molecule has 2 nitrogen and oxygen atoms in total. The van der Waals surface area contributed by atoms with Crippen LogP contribution in [-0.2, 0) is 12.8 Å². The monoisotopic (exact) mass is 174 g/mol. The van der Waals surface area contributed by atoms with Gasteiger partial charge in [0.25, 0.3) is 0 Å². The minimum Gasteiger partial charge on any atom is -0.397 e. The molecule has 0 amide bonds. The SMILES string of the molecule is CCc1ccc(CC)c(C#N)c1N. The van der Waals surface area contributed by atoms with Crippen LogP contribution in [-0.4, -0.2) is 0 Å². The Kier molecular flexibility index (Phi) is 2.92. The fourth-order valence-electron chi connectivity index (χ4n) is 1.44. The van der Waals surface area contributed by atoms with Gasteiger partial charge in [-0.25, -0.2) is 0 Å². The van der Waals surface area contributed by atoms with Crippen molar-refractivity contribution in [2.75, 3.05) is 5.73 Å². The van der Waals surface area contributed by atoms with Crippen molar-refractivity contribution in [3.05, 3.63) is 28.8 Å². The molecular weight excluding hydrogens is 160 g/mol. The average Bonchev–Trinajstić information content (AvgIpc) is 2.17. The molecule has 13 heavy (non-hydrogen) atoms. The van der Waals surface area contributed by atoms with Crippen LogP contribution >= 0.6 is 0 Å². The molecule has 0 saturated heterocycles. The Hall–Kier alpha value is -1.49. The molecule has 0 aliphatic carbocycles. The number of aryl methyl sites for hydroxylation is 2. The maximum Gasteiger partial charge on any atom is 0.102 e. The minimum atomic E-state index is 0.654. The van der Waals surface area contributed by atoms with Gasteiger partial charge in [-0.2, -0.15) is 5.26 Å². The third-order valence-electron chi connectivity index (χ3n) is 2.30. The summed E-state index contributed by atoms with van der Waals surface area (Å²) in [4.78, 5) is 0. The van der Waals surface area contributed by atoms with Crippen LogP contribution in [0.5, 0.6) is 0 Å². The van der Waals surface area contributed by atoms with Crippen LogP contribution in [0.2, 0.25) is 0 Å². The second kappa shape index (κ2) is 3.95. The van der Waals surface area contributed by atoms with Gasteiger partial charge in [-0.1, -0.05) is 26.0 Å². The van der Waals surface area contributed by atoms with Gasteiger partial charge in [0.05, 0.1) is 11.3 Å². The van der Waals surface area contributed by atoms with Crippen LogP contribution in [0, 0.1) is 11.3 Å². The average molecular weight is 174 g/mol. The van der Waals surface area contributed by atoms with E-state index >= 15 is 0 Å². The molecule has 0 aliphatic rings. The Balaban J connectivity index is 3.34. The molecule has 0 atom stereocenters. The molecular formula is C11H14N2. The van der Waals surface area contributed by atoms with E-state index in [0.717, 1.165) is 24.0 Å². The molecule has 1 rings (SSSR count). The van der Waals surface area contributed by atoms with Gasteiger partial charge in [0.2, 0.25) is 0 Å². The number of nitrogens with zero attached hydrogens (tertiary/aromatic N) is 1. The zero-order chi connectivity index (χ0) is 9.84. The first-order valence-corrected chi connectivity index (χ1v) is 4.54. The first kappa shape index (κ1) is 9.60. The highest BCUT2D eigenvalue weighted by molar-refractivity contribution is 5.62. The highest BCUT2D eigenvalue weighted by Crippen LogP contribution is 2.21. The van der Waals surface area contributed by atoms with Gasteiger partial charge in [-0.05, 0) is 24.0 Å². The summed E-state index contributed by atoms with van der Waals surface area (Å²) in [6, 6.07) is 6.17. The van der Waals surface area contributed by atoms with Crippen molar-refractivity contribution in [3.8, 4) is 6.07 Å². The van der Waals surface area contributed by atoms with E-state index in [9.17, 15) is 0 Å². The predicted molar refractivity (Wildman–Crippen MR) is 54.3 cm³/mol. The molecule has 0 bridgehead atoms. The number of hydrogen-bond acceptors (Lipinski definition) is 2. The molecule has 0 aromatic heterocycles. The summed E-state index contributed by atoms with van der Waals surface area (Å²) in [6.07, 6.45) is 1.74. The predicted octanol–water partition coefficient (Wildman–Crippen LogP) is 2.27. The maximum absolute atomic E-state index is 8.92. The van der Waals surface area contributed by atoms with Crippen molar-refractivity contribution < 1.29 is 0 Å². The fourth-order valence-corrected chi connectivity index (χ4v) is 1.44. The van der Waals surface area contributed by atoms with Crippen molar-refractivity contribution in [2.45, 2.75) is 26.7 Å². The van der Waals surface area contributed by atoms with Gasteiger partial charge >= 0.3 is 0 Å². The van der Waals surface area contributed by atoms with Gasteiger partial charge < -0.3 is 5.73 Å². The van der Waals surface area contributed by atoms with Crippen LogP contribution < -0.4 is 5.73 Å².